The van der Waals surface area contributed by atoms with Crippen molar-refractivity contribution in [3.8, 4) is 0 Å². The van der Waals surface area contributed by atoms with Gasteiger partial charge in [-0.1, -0.05) is 0 Å². The zero-order valence-corrected chi connectivity index (χ0v) is 9.34. The molecule has 0 radical (unpaired) electrons. The molecule has 0 saturated heterocycles. The van der Waals surface area contributed by atoms with E-state index in [2.05, 4.69) is 32.8 Å². The van der Waals surface area contributed by atoms with Gasteiger partial charge >= 0.3 is 0 Å². The highest BCUT2D eigenvalue weighted by Crippen LogP contribution is 2.03. The van der Waals surface area contributed by atoms with E-state index in [-0.39, 0.29) is 0 Å². The first kappa shape index (κ1) is 8.74. The zero-order valence-electron chi connectivity index (χ0n) is 7.18. The second kappa shape index (κ2) is 3.49. The molecule has 0 N–H and O–H groups in total. The van der Waals surface area contributed by atoms with Gasteiger partial charge in [0.25, 0.3) is 0 Å². The van der Waals surface area contributed by atoms with E-state index in [0.29, 0.717) is 0 Å². The van der Waals surface area contributed by atoms with Crippen LogP contribution in [-0.4, -0.2) is 19.6 Å². The molecule has 2 rings (SSSR count). The average molecular weight is 288 g/mol. The third kappa shape index (κ3) is 2.09. The lowest BCUT2D eigenvalue weighted by Crippen LogP contribution is -2.01. The molecule has 4 nitrogen and oxygen atoms in total. The van der Waals surface area contributed by atoms with Gasteiger partial charge in [0.2, 0.25) is 0 Å². The summed E-state index contributed by atoms with van der Waals surface area (Å²) in [5.74, 6) is 0. The lowest BCUT2D eigenvalue weighted by atomic mass is 10.4. The van der Waals surface area contributed by atoms with E-state index in [1.54, 1.807) is 4.68 Å². The minimum atomic E-state index is 0.740. The van der Waals surface area contributed by atoms with Gasteiger partial charge in [-0.15, -0.1) is 0 Å². The Morgan fingerprint density at radius 2 is 2.38 bits per heavy atom. The summed E-state index contributed by atoms with van der Waals surface area (Å²) in [6.45, 7) is 0.740. The van der Waals surface area contributed by atoms with E-state index in [1.807, 2.05) is 36.4 Å². The summed E-state index contributed by atoms with van der Waals surface area (Å²) in [5, 5.41) is 8.45. The van der Waals surface area contributed by atoms with Crippen molar-refractivity contribution in [2.24, 2.45) is 7.05 Å². The fraction of sp³-hybridized carbons (Fsp3) is 0.250. The lowest BCUT2D eigenvalue weighted by molar-refractivity contribution is 0.650. The predicted octanol–water partition coefficient (Wildman–Crippen LogP) is 1.27. The standard InChI is InChI=1S/C8H9IN4/c1-12-3-2-8(11-12)6-13-5-7(9)4-10-13/h2-5H,6H2,1H3. The van der Waals surface area contributed by atoms with Crippen molar-refractivity contribution in [1.82, 2.24) is 19.6 Å². The summed E-state index contributed by atoms with van der Waals surface area (Å²) in [5.41, 5.74) is 1.03. The number of halogens is 1. The Morgan fingerprint density at radius 3 is 2.92 bits per heavy atom. The highest BCUT2D eigenvalue weighted by atomic mass is 127. The van der Waals surface area contributed by atoms with Gasteiger partial charge in [0.1, 0.15) is 0 Å². The molecule has 0 unspecified atom stereocenters. The van der Waals surface area contributed by atoms with Gasteiger partial charge in [-0.05, 0) is 28.7 Å². The van der Waals surface area contributed by atoms with Crippen LogP contribution in [0, 0.1) is 3.57 Å². The molecule has 0 aliphatic heterocycles. The zero-order chi connectivity index (χ0) is 9.26. The second-order valence-electron chi connectivity index (χ2n) is 2.84. The van der Waals surface area contributed by atoms with Crippen LogP contribution in [0.3, 0.4) is 0 Å². The molecule has 0 aliphatic carbocycles. The van der Waals surface area contributed by atoms with E-state index in [1.165, 1.54) is 0 Å². The molecule has 0 aromatic carbocycles. The van der Waals surface area contributed by atoms with E-state index >= 15 is 0 Å². The molecule has 0 spiro atoms. The molecule has 13 heavy (non-hydrogen) atoms. The Kier molecular flexibility index (Phi) is 2.34. The smallest absolute Gasteiger partial charge is 0.0850 e. The molecular weight excluding hydrogens is 279 g/mol. The largest absolute Gasteiger partial charge is 0.275 e. The van der Waals surface area contributed by atoms with E-state index in [0.717, 1.165) is 15.8 Å². The highest BCUT2D eigenvalue weighted by molar-refractivity contribution is 14.1. The average Bonchev–Trinajstić information content (AvgIpc) is 2.62. The number of hydrogen-bond acceptors (Lipinski definition) is 2. The van der Waals surface area contributed by atoms with E-state index < -0.39 is 0 Å². The lowest BCUT2D eigenvalue weighted by Gasteiger charge is -1.95. The summed E-state index contributed by atoms with van der Waals surface area (Å²) < 4.78 is 4.82. The Hall–Kier alpha value is -0.850. The van der Waals surface area contributed by atoms with Gasteiger partial charge in [-0.3, -0.25) is 9.36 Å². The Bertz CT molecular complexity index is 365. The predicted molar refractivity (Wildman–Crippen MR) is 57.3 cm³/mol. The number of rotatable bonds is 2. The van der Waals surface area contributed by atoms with Crippen LogP contribution >= 0.6 is 22.6 Å². The normalized spacial score (nSPS) is 10.6. The van der Waals surface area contributed by atoms with Crippen LogP contribution in [0.25, 0.3) is 0 Å². The van der Waals surface area contributed by atoms with Crippen molar-refractivity contribution >= 4 is 22.6 Å². The van der Waals surface area contributed by atoms with Crippen LogP contribution < -0.4 is 0 Å². The molecule has 0 amide bonds. The minimum absolute atomic E-state index is 0.740. The Labute approximate surface area is 89.7 Å². The highest BCUT2D eigenvalue weighted by Gasteiger charge is 1.99. The monoisotopic (exact) mass is 288 g/mol. The summed E-state index contributed by atoms with van der Waals surface area (Å²) in [7, 11) is 1.91. The fourth-order valence-corrected chi connectivity index (χ4v) is 1.58. The summed E-state index contributed by atoms with van der Waals surface area (Å²) in [4.78, 5) is 0. The molecule has 0 aliphatic rings. The third-order valence-electron chi connectivity index (χ3n) is 1.69. The maximum Gasteiger partial charge on any atom is 0.0850 e. The van der Waals surface area contributed by atoms with Gasteiger partial charge in [0.05, 0.1) is 22.0 Å². The van der Waals surface area contributed by atoms with Gasteiger partial charge in [0.15, 0.2) is 0 Å². The van der Waals surface area contributed by atoms with Crippen molar-refractivity contribution in [2.75, 3.05) is 0 Å². The third-order valence-corrected chi connectivity index (χ3v) is 2.25. The molecule has 68 valence electrons. The second-order valence-corrected chi connectivity index (χ2v) is 4.08. The van der Waals surface area contributed by atoms with Crippen LogP contribution in [-0.2, 0) is 13.6 Å². The molecule has 0 atom stereocenters. The van der Waals surface area contributed by atoms with Crippen LogP contribution in [0.15, 0.2) is 24.7 Å². The van der Waals surface area contributed by atoms with Gasteiger partial charge < -0.3 is 0 Å². The van der Waals surface area contributed by atoms with Crippen LogP contribution in [0.2, 0.25) is 0 Å². The number of nitrogens with zero attached hydrogens (tertiary/aromatic N) is 4. The van der Waals surface area contributed by atoms with Crippen LogP contribution in [0.1, 0.15) is 5.69 Å². The maximum atomic E-state index is 4.27. The van der Waals surface area contributed by atoms with Gasteiger partial charge in [-0.25, -0.2) is 0 Å². The number of hydrogen-bond donors (Lipinski definition) is 0. The number of aromatic nitrogens is 4. The molecule has 2 aromatic rings. The van der Waals surface area contributed by atoms with Crippen molar-refractivity contribution in [1.29, 1.82) is 0 Å². The Balaban J connectivity index is 2.14. The molecule has 2 aromatic heterocycles. The van der Waals surface area contributed by atoms with Gasteiger partial charge in [0, 0.05) is 19.4 Å². The van der Waals surface area contributed by atoms with Crippen molar-refractivity contribution < 1.29 is 0 Å². The van der Waals surface area contributed by atoms with E-state index in [9.17, 15) is 0 Å². The topological polar surface area (TPSA) is 35.6 Å². The molecule has 0 saturated carbocycles. The first-order valence-electron chi connectivity index (χ1n) is 3.90. The SMILES string of the molecule is Cn1ccc(Cn2cc(I)cn2)n1. The quantitative estimate of drug-likeness (QED) is 0.780. The minimum Gasteiger partial charge on any atom is -0.275 e. The molecule has 2 heterocycles. The Morgan fingerprint density at radius 1 is 1.54 bits per heavy atom. The molecule has 5 heteroatoms. The molecular formula is C8H9IN4. The van der Waals surface area contributed by atoms with E-state index in [4.69, 9.17) is 0 Å². The van der Waals surface area contributed by atoms with Crippen LogP contribution in [0.4, 0.5) is 0 Å². The van der Waals surface area contributed by atoms with Crippen molar-refractivity contribution in [2.45, 2.75) is 6.54 Å². The summed E-state index contributed by atoms with van der Waals surface area (Å²) in [6.07, 6.45) is 5.77. The van der Waals surface area contributed by atoms with Gasteiger partial charge in [-0.2, -0.15) is 10.2 Å². The first-order chi connectivity index (χ1) is 6.24. The van der Waals surface area contributed by atoms with Crippen LogP contribution in [0.5, 0.6) is 0 Å². The molecule has 0 bridgehead atoms. The molecule has 0 fully saturated rings. The first-order valence-corrected chi connectivity index (χ1v) is 4.98. The van der Waals surface area contributed by atoms with Crippen molar-refractivity contribution in [3.63, 3.8) is 0 Å². The summed E-state index contributed by atoms with van der Waals surface area (Å²) in [6, 6.07) is 1.99. The van der Waals surface area contributed by atoms with Crippen molar-refractivity contribution in [3.05, 3.63) is 33.9 Å². The number of aryl methyl sites for hydroxylation is 1. The fourth-order valence-electron chi connectivity index (χ4n) is 1.14. The maximum absolute atomic E-state index is 4.27. The summed E-state index contributed by atoms with van der Waals surface area (Å²) >= 11 is 2.24.